The third-order valence-corrected chi connectivity index (χ3v) is 5.93. The predicted octanol–water partition coefficient (Wildman–Crippen LogP) is 5.80. The largest absolute Gasteiger partial charge is 0.350 e. The SMILES string of the molecule is Cc1ccc(C2=C(Nc3ccc(Cl)cc3C)C(=O)N(Cc3ccccc3F)C2=O)cc1C. The van der Waals surface area contributed by atoms with Crippen molar-refractivity contribution in [3.05, 3.63) is 105 Å². The molecule has 1 aliphatic heterocycles. The lowest BCUT2D eigenvalue weighted by Gasteiger charge is -2.16. The van der Waals surface area contributed by atoms with E-state index in [1.54, 1.807) is 36.4 Å². The van der Waals surface area contributed by atoms with E-state index in [9.17, 15) is 14.0 Å². The van der Waals surface area contributed by atoms with Crippen molar-refractivity contribution in [1.82, 2.24) is 4.90 Å². The Morgan fingerprint density at radius 1 is 0.875 bits per heavy atom. The molecule has 32 heavy (non-hydrogen) atoms. The van der Waals surface area contributed by atoms with Crippen LogP contribution in [0.15, 0.2) is 66.4 Å². The van der Waals surface area contributed by atoms with Gasteiger partial charge in [-0.2, -0.15) is 0 Å². The second kappa shape index (κ2) is 8.60. The van der Waals surface area contributed by atoms with Gasteiger partial charge in [0.2, 0.25) is 0 Å². The molecule has 0 saturated carbocycles. The van der Waals surface area contributed by atoms with E-state index in [1.165, 1.54) is 6.07 Å². The molecule has 1 aliphatic rings. The minimum absolute atomic E-state index is 0.149. The standard InChI is InChI=1S/C26H22ClFN2O2/c1-15-8-9-18(12-16(15)2)23-24(29-22-11-10-20(27)13-17(22)3)26(32)30(25(23)31)14-19-6-4-5-7-21(19)28/h4-13,29H,14H2,1-3H3. The van der Waals surface area contributed by atoms with Crippen molar-refractivity contribution in [3.63, 3.8) is 0 Å². The third kappa shape index (κ3) is 4.04. The van der Waals surface area contributed by atoms with Crippen LogP contribution in [0.25, 0.3) is 5.57 Å². The fourth-order valence-electron chi connectivity index (χ4n) is 3.70. The molecule has 0 atom stereocenters. The maximum absolute atomic E-state index is 14.3. The Kier molecular flexibility index (Phi) is 5.85. The van der Waals surface area contributed by atoms with Gasteiger partial charge in [0.1, 0.15) is 11.5 Å². The monoisotopic (exact) mass is 448 g/mol. The minimum atomic E-state index is -0.499. The smallest absolute Gasteiger partial charge is 0.278 e. The lowest BCUT2D eigenvalue weighted by atomic mass is 9.99. The molecule has 0 spiro atoms. The molecule has 0 unspecified atom stereocenters. The fourth-order valence-corrected chi connectivity index (χ4v) is 3.93. The number of hydrogen-bond donors (Lipinski definition) is 1. The van der Waals surface area contributed by atoms with Crippen LogP contribution >= 0.6 is 11.6 Å². The molecule has 0 aliphatic carbocycles. The van der Waals surface area contributed by atoms with Gasteiger partial charge in [0.25, 0.3) is 11.8 Å². The second-order valence-electron chi connectivity index (χ2n) is 7.92. The summed E-state index contributed by atoms with van der Waals surface area (Å²) in [6, 6.07) is 17.0. The summed E-state index contributed by atoms with van der Waals surface area (Å²) in [6.07, 6.45) is 0. The van der Waals surface area contributed by atoms with Crippen molar-refractivity contribution in [1.29, 1.82) is 0 Å². The Morgan fingerprint density at radius 3 is 2.31 bits per heavy atom. The zero-order valence-electron chi connectivity index (χ0n) is 18.0. The summed E-state index contributed by atoms with van der Waals surface area (Å²) in [7, 11) is 0. The molecule has 0 saturated heterocycles. The van der Waals surface area contributed by atoms with Gasteiger partial charge in [0, 0.05) is 16.3 Å². The Labute approximate surface area is 191 Å². The molecule has 3 aromatic rings. The highest BCUT2D eigenvalue weighted by molar-refractivity contribution is 6.36. The van der Waals surface area contributed by atoms with E-state index in [1.807, 2.05) is 39.0 Å². The van der Waals surface area contributed by atoms with Crippen LogP contribution in [0.4, 0.5) is 10.1 Å². The topological polar surface area (TPSA) is 49.4 Å². The molecule has 6 heteroatoms. The average Bonchev–Trinajstić information content (AvgIpc) is 2.98. The molecule has 4 nitrogen and oxygen atoms in total. The number of carbonyl (C=O) groups is 2. The zero-order valence-corrected chi connectivity index (χ0v) is 18.8. The molecular formula is C26H22ClFN2O2. The Morgan fingerprint density at radius 2 is 1.62 bits per heavy atom. The van der Waals surface area contributed by atoms with E-state index in [-0.39, 0.29) is 23.4 Å². The normalized spacial score (nSPS) is 13.8. The number of rotatable bonds is 5. The highest BCUT2D eigenvalue weighted by Crippen LogP contribution is 2.33. The van der Waals surface area contributed by atoms with E-state index >= 15 is 0 Å². The molecule has 4 rings (SSSR count). The summed E-state index contributed by atoms with van der Waals surface area (Å²) < 4.78 is 14.3. The summed E-state index contributed by atoms with van der Waals surface area (Å²) in [5, 5.41) is 3.72. The molecule has 162 valence electrons. The van der Waals surface area contributed by atoms with Crippen molar-refractivity contribution in [2.24, 2.45) is 0 Å². The van der Waals surface area contributed by atoms with Crippen LogP contribution in [-0.4, -0.2) is 16.7 Å². The number of nitrogens with one attached hydrogen (secondary N) is 1. The van der Waals surface area contributed by atoms with Crippen LogP contribution < -0.4 is 5.32 Å². The van der Waals surface area contributed by atoms with Gasteiger partial charge in [-0.25, -0.2) is 4.39 Å². The van der Waals surface area contributed by atoms with E-state index in [0.717, 1.165) is 21.6 Å². The highest BCUT2D eigenvalue weighted by Gasteiger charge is 2.39. The van der Waals surface area contributed by atoms with Crippen molar-refractivity contribution >= 4 is 34.7 Å². The second-order valence-corrected chi connectivity index (χ2v) is 8.36. The Hall–Kier alpha value is -3.44. The van der Waals surface area contributed by atoms with Gasteiger partial charge in [0.05, 0.1) is 12.1 Å². The number of nitrogens with zero attached hydrogens (tertiary/aromatic N) is 1. The number of aryl methyl sites for hydroxylation is 3. The first-order valence-electron chi connectivity index (χ1n) is 10.2. The van der Waals surface area contributed by atoms with Crippen LogP contribution in [0.3, 0.4) is 0 Å². The van der Waals surface area contributed by atoms with Crippen molar-refractivity contribution in [2.75, 3.05) is 5.32 Å². The Balaban J connectivity index is 1.80. The molecule has 0 radical (unpaired) electrons. The van der Waals surface area contributed by atoms with Crippen LogP contribution in [0.2, 0.25) is 5.02 Å². The lowest BCUT2D eigenvalue weighted by molar-refractivity contribution is -0.137. The van der Waals surface area contributed by atoms with Gasteiger partial charge < -0.3 is 5.32 Å². The average molecular weight is 449 g/mol. The summed E-state index contributed by atoms with van der Waals surface area (Å²) in [6.45, 7) is 5.65. The maximum Gasteiger partial charge on any atom is 0.278 e. The fraction of sp³-hybridized carbons (Fsp3) is 0.154. The lowest BCUT2D eigenvalue weighted by Crippen LogP contribution is -2.32. The number of imide groups is 1. The van der Waals surface area contributed by atoms with E-state index in [4.69, 9.17) is 11.6 Å². The first-order chi connectivity index (χ1) is 15.3. The van der Waals surface area contributed by atoms with Crippen LogP contribution in [0.1, 0.15) is 27.8 Å². The molecule has 3 aromatic carbocycles. The van der Waals surface area contributed by atoms with E-state index in [0.29, 0.717) is 16.3 Å². The van der Waals surface area contributed by atoms with E-state index in [2.05, 4.69) is 5.32 Å². The highest BCUT2D eigenvalue weighted by atomic mass is 35.5. The first kappa shape index (κ1) is 21.8. The number of amides is 2. The maximum atomic E-state index is 14.3. The number of benzene rings is 3. The summed E-state index contributed by atoms with van der Waals surface area (Å²) >= 11 is 6.07. The molecule has 1 heterocycles. The molecule has 1 N–H and O–H groups in total. The van der Waals surface area contributed by atoms with E-state index < -0.39 is 17.6 Å². The van der Waals surface area contributed by atoms with Gasteiger partial charge in [-0.3, -0.25) is 14.5 Å². The number of hydrogen-bond acceptors (Lipinski definition) is 3. The van der Waals surface area contributed by atoms with Crippen molar-refractivity contribution in [3.8, 4) is 0 Å². The van der Waals surface area contributed by atoms with Crippen LogP contribution in [-0.2, 0) is 16.1 Å². The van der Waals surface area contributed by atoms with Crippen molar-refractivity contribution < 1.29 is 14.0 Å². The van der Waals surface area contributed by atoms with Gasteiger partial charge in [-0.1, -0.05) is 48.0 Å². The predicted molar refractivity (Wildman–Crippen MR) is 125 cm³/mol. The van der Waals surface area contributed by atoms with Gasteiger partial charge in [0.15, 0.2) is 0 Å². The number of carbonyl (C=O) groups excluding carboxylic acids is 2. The van der Waals surface area contributed by atoms with Crippen LogP contribution in [0, 0.1) is 26.6 Å². The van der Waals surface area contributed by atoms with Gasteiger partial charge in [-0.15, -0.1) is 0 Å². The summed E-state index contributed by atoms with van der Waals surface area (Å²) in [5.74, 6) is -1.42. The third-order valence-electron chi connectivity index (χ3n) is 5.70. The first-order valence-corrected chi connectivity index (χ1v) is 10.6. The molecular weight excluding hydrogens is 427 g/mol. The van der Waals surface area contributed by atoms with Gasteiger partial charge >= 0.3 is 0 Å². The minimum Gasteiger partial charge on any atom is -0.350 e. The molecule has 0 bridgehead atoms. The molecule has 2 amide bonds. The van der Waals surface area contributed by atoms with Gasteiger partial charge in [-0.05, 0) is 67.3 Å². The quantitative estimate of drug-likeness (QED) is 0.502. The molecule has 0 aromatic heterocycles. The molecule has 0 fully saturated rings. The Bertz CT molecular complexity index is 1280. The van der Waals surface area contributed by atoms with Crippen molar-refractivity contribution in [2.45, 2.75) is 27.3 Å². The zero-order chi connectivity index (χ0) is 23.0. The number of halogens is 2. The van der Waals surface area contributed by atoms with Crippen LogP contribution in [0.5, 0.6) is 0 Å². The number of anilines is 1. The summed E-state index contributed by atoms with van der Waals surface area (Å²) in [4.78, 5) is 27.9. The summed E-state index contributed by atoms with van der Waals surface area (Å²) in [5.41, 5.74) is 4.93.